The van der Waals surface area contributed by atoms with Crippen LogP contribution in [0.4, 0.5) is 0 Å². The van der Waals surface area contributed by atoms with Crippen molar-refractivity contribution in [3.05, 3.63) is 0 Å². The Bertz CT molecular complexity index is 313. The van der Waals surface area contributed by atoms with Gasteiger partial charge in [0.1, 0.15) is 0 Å². The number of hydrogen-bond acceptors (Lipinski definition) is 4. The predicted octanol–water partition coefficient (Wildman–Crippen LogP) is 1.57. The van der Waals surface area contributed by atoms with E-state index in [2.05, 4.69) is 17.6 Å². The highest BCUT2D eigenvalue weighted by molar-refractivity contribution is 5.76. The van der Waals surface area contributed by atoms with E-state index in [-0.39, 0.29) is 5.91 Å². The molecule has 0 aromatic carbocycles. The summed E-state index contributed by atoms with van der Waals surface area (Å²) in [7, 11) is 0. The molecule has 0 saturated carbocycles. The van der Waals surface area contributed by atoms with Gasteiger partial charge in [-0.3, -0.25) is 4.79 Å². The first kappa shape index (κ1) is 17.7. The van der Waals surface area contributed by atoms with Gasteiger partial charge in [-0.15, -0.1) is 0 Å². The molecule has 128 valence electrons. The maximum Gasteiger partial charge on any atom is 0.220 e. The van der Waals surface area contributed by atoms with E-state index in [1.807, 2.05) is 0 Å². The quantitative estimate of drug-likeness (QED) is 0.635. The molecule has 0 spiro atoms. The minimum Gasteiger partial charge on any atom is -0.381 e. The molecular weight excluding hydrogens is 280 g/mol. The van der Waals surface area contributed by atoms with Gasteiger partial charge < -0.3 is 20.1 Å². The Labute approximate surface area is 134 Å². The van der Waals surface area contributed by atoms with Gasteiger partial charge in [-0.25, -0.2) is 0 Å². The number of nitrogens with one attached hydrogen (secondary N) is 2. The Balaban J connectivity index is 1.44. The second-order valence-electron chi connectivity index (χ2n) is 6.78. The minimum atomic E-state index is 0.190. The van der Waals surface area contributed by atoms with Crippen molar-refractivity contribution in [1.82, 2.24) is 10.6 Å². The van der Waals surface area contributed by atoms with Gasteiger partial charge in [-0.1, -0.05) is 6.92 Å². The van der Waals surface area contributed by atoms with Crippen LogP contribution in [-0.4, -0.2) is 52.0 Å². The van der Waals surface area contributed by atoms with E-state index >= 15 is 0 Å². The summed E-state index contributed by atoms with van der Waals surface area (Å²) in [5.74, 6) is 1.94. The molecule has 1 amide bonds. The molecule has 0 bridgehead atoms. The smallest absolute Gasteiger partial charge is 0.220 e. The van der Waals surface area contributed by atoms with Gasteiger partial charge in [0.25, 0.3) is 0 Å². The van der Waals surface area contributed by atoms with Crippen LogP contribution in [0, 0.1) is 17.8 Å². The Kier molecular flexibility index (Phi) is 8.20. The maximum absolute atomic E-state index is 12.0. The number of piperidine rings is 1. The number of amides is 1. The van der Waals surface area contributed by atoms with Crippen LogP contribution in [0.15, 0.2) is 0 Å². The molecule has 2 aliphatic heterocycles. The molecule has 2 aliphatic rings. The molecule has 0 aromatic rings. The fourth-order valence-corrected chi connectivity index (χ4v) is 3.31. The van der Waals surface area contributed by atoms with Crippen LogP contribution in [0.2, 0.25) is 0 Å². The largest absolute Gasteiger partial charge is 0.381 e. The molecule has 0 radical (unpaired) electrons. The van der Waals surface area contributed by atoms with Crippen LogP contribution in [0.1, 0.15) is 39.0 Å². The molecule has 0 aromatic heterocycles. The van der Waals surface area contributed by atoms with Crippen LogP contribution in [0.3, 0.4) is 0 Å². The fourth-order valence-electron chi connectivity index (χ4n) is 3.31. The second kappa shape index (κ2) is 10.2. The summed E-state index contributed by atoms with van der Waals surface area (Å²) in [5.41, 5.74) is 0. The number of hydrogen-bond donors (Lipinski definition) is 2. The molecule has 2 atom stereocenters. The molecule has 2 N–H and O–H groups in total. The molecule has 2 heterocycles. The van der Waals surface area contributed by atoms with Crippen molar-refractivity contribution >= 4 is 5.91 Å². The van der Waals surface area contributed by atoms with Crippen molar-refractivity contribution in [2.45, 2.75) is 39.0 Å². The van der Waals surface area contributed by atoms with Crippen LogP contribution >= 0.6 is 0 Å². The lowest BCUT2D eigenvalue weighted by Gasteiger charge is -2.27. The Hall–Kier alpha value is -0.650. The molecule has 22 heavy (non-hydrogen) atoms. The summed E-state index contributed by atoms with van der Waals surface area (Å²) < 4.78 is 11.0. The van der Waals surface area contributed by atoms with Crippen LogP contribution in [-0.2, 0) is 14.3 Å². The molecule has 0 aliphatic carbocycles. The summed E-state index contributed by atoms with van der Waals surface area (Å²) in [6.07, 6.45) is 5.07. The summed E-state index contributed by atoms with van der Waals surface area (Å²) in [6.45, 7) is 8.35. The second-order valence-corrected chi connectivity index (χ2v) is 6.78. The highest BCUT2D eigenvalue weighted by Crippen LogP contribution is 2.24. The highest BCUT2D eigenvalue weighted by Gasteiger charge is 2.21. The van der Waals surface area contributed by atoms with E-state index in [0.29, 0.717) is 24.2 Å². The van der Waals surface area contributed by atoms with E-state index in [1.165, 1.54) is 12.8 Å². The highest BCUT2D eigenvalue weighted by atomic mass is 16.5. The Morgan fingerprint density at radius 3 is 2.91 bits per heavy atom. The summed E-state index contributed by atoms with van der Waals surface area (Å²) in [6, 6.07) is 0. The number of carbonyl (C=O) groups excluding carboxylic acids is 1. The first-order valence-electron chi connectivity index (χ1n) is 8.88. The summed E-state index contributed by atoms with van der Waals surface area (Å²) in [5, 5.41) is 6.40. The van der Waals surface area contributed by atoms with Crippen molar-refractivity contribution in [2.75, 3.05) is 46.1 Å². The van der Waals surface area contributed by atoms with Crippen LogP contribution in [0.25, 0.3) is 0 Å². The average molecular weight is 312 g/mol. The van der Waals surface area contributed by atoms with E-state index in [9.17, 15) is 4.79 Å². The molecule has 2 rings (SSSR count). The van der Waals surface area contributed by atoms with Crippen LogP contribution < -0.4 is 10.6 Å². The normalized spacial score (nSPS) is 24.3. The van der Waals surface area contributed by atoms with Crippen molar-refractivity contribution in [3.8, 4) is 0 Å². The van der Waals surface area contributed by atoms with Gasteiger partial charge in [-0.05, 0) is 50.6 Å². The third kappa shape index (κ3) is 6.63. The van der Waals surface area contributed by atoms with Crippen molar-refractivity contribution < 1.29 is 14.3 Å². The molecule has 2 unspecified atom stereocenters. The lowest BCUT2D eigenvalue weighted by molar-refractivity contribution is -0.122. The standard InChI is InChI=1S/C17H32N2O3/c1-14(16-3-7-18-8-4-16)11-17(20)19-6-2-9-21-12-15-5-10-22-13-15/h14-16,18H,2-13H2,1H3,(H,19,20). The van der Waals surface area contributed by atoms with Gasteiger partial charge in [0.2, 0.25) is 5.91 Å². The zero-order chi connectivity index (χ0) is 15.6. The lowest BCUT2D eigenvalue weighted by atomic mass is 9.84. The SMILES string of the molecule is CC(CC(=O)NCCCOCC1CCOC1)C1CCNCC1. The number of carbonyl (C=O) groups is 1. The van der Waals surface area contributed by atoms with Crippen LogP contribution in [0.5, 0.6) is 0 Å². The third-order valence-corrected chi connectivity index (χ3v) is 4.86. The van der Waals surface area contributed by atoms with Gasteiger partial charge in [0, 0.05) is 32.1 Å². The summed E-state index contributed by atoms with van der Waals surface area (Å²) in [4.78, 5) is 12.0. The Morgan fingerprint density at radius 1 is 1.36 bits per heavy atom. The third-order valence-electron chi connectivity index (χ3n) is 4.86. The number of rotatable bonds is 9. The van der Waals surface area contributed by atoms with Gasteiger partial charge in [0.15, 0.2) is 0 Å². The van der Waals surface area contributed by atoms with Gasteiger partial charge in [-0.2, -0.15) is 0 Å². The molecule has 5 heteroatoms. The van der Waals surface area contributed by atoms with Crippen molar-refractivity contribution in [1.29, 1.82) is 0 Å². The van der Waals surface area contributed by atoms with Crippen molar-refractivity contribution in [2.24, 2.45) is 17.8 Å². The monoisotopic (exact) mass is 312 g/mol. The zero-order valence-corrected chi connectivity index (χ0v) is 13.9. The fraction of sp³-hybridized carbons (Fsp3) is 0.941. The zero-order valence-electron chi connectivity index (χ0n) is 13.9. The maximum atomic E-state index is 12.0. The average Bonchev–Trinajstić information content (AvgIpc) is 3.05. The van der Waals surface area contributed by atoms with E-state index in [1.54, 1.807) is 0 Å². The van der Waals surface area contributed by atoms with E-state index in [4.69, 9.17) is 9.47 Å². The predicted molar refractivity (Wildman–Crippen MR) is 86.7 cm³/mol. The minimum absolute atomic E-state index is 0.190. The lowest BCUT2D eigenvalue weighted by Crippen LogP contribution is -2.33. The first-order valence-corrected chi connectivity index (χ1v) is 8.88. The van der Waals surface area contributed by atoms with E-state index in [0.717, 1.165) is 58.9 Å². The van der Waals surface area contributed by atoms with Gasteiger partial charge >= 0.3 is 0 Å². The Morgan fingerprint density at radius 2 is 2.18 bits per heavy atom. The number of ether oxygens (including phenoxy) is 2. The summed E-state index contributed by atoms with van der Waals surface area (Å²) >= 11 is 0. The molecule has 2 saturated heterocycles. The van der Waals surface area contributed by atoms with Crippen molar-refractivity contribution in [3.63, 3.8) is 0 Å². The molecular formula is C17H32N2O3. The van der Waals surface area contributed by atoms with E-state index < -0.39 is 0 Å². The molecule has 2 fully saturated rings. The first-order chi connectivity index (χ1) is 10.8. The topological polar surface area (TPSA) is 59.6 Å². The van der Waals surface area contributed by atoms with Gasteiger partial charge in [0.05, 0.1) is 13.2 Å². The molecule has 5 nitrogen and oxygen atoms in total.